The first-order chi connectivity index (χ1) is 16.9. The summed E-state index contributed by atoms with van der Waals surface area (Å²) in [5, 5.41) is 8.64. The number of para-hydroxylation sites is 1. The molecule has 188 valence electrons. The van der Waals surface area contributed by atoms with Crippen LogP contribution in [0.5, 0.6) is 0 Å². The van der Waals surface area contributed by atoms with Gasteiger partial charge in [0.25, 0.3) is 0 Å². The predicted octanol–water partition coefficient (Wildman–Crippen LogP) is 0.531. The summed E-state index contributed by atoms with van der Waals surface area (Å²) in [5.74, 6) is -1.23. The van der Waals surface area contributed by atoms with Gasteiger partial charge in [0.2, 0.25) is 17.7 Å². The lowest BCUT2D eigenvalue weighted by Gasteiger charge is -2.25. The summed E-state index contributed by atoms with van der Waals surface area (Å²) < 4.78 is 0. The number of benzene rings is 1. The third-order valence-electron chi connectivity index (χ3n) is 5.64. The lowest BCUT2D eigenvalue weighted by Crippen LogP contribution is -2.52. The van der Waals surface area contributed by atoms with Gasteiger partial charge in [0.05, 0.1) is 29.9 Å². The summed E-state index contributed by atoms with van der Waals surface area (Å²) in [5.41, 5.74) is 18.5. The average molecular weight is 500 g/mol. The van der Waals surface area contributed by atoms with Crippen molar-refractivity contribution in [2.24, 2.45) is 17.2 Å². The smallest absolute Gasteiger partial charge is 0.247 e. The second-order valence-corrected chi connectivity index (χ2v) is 9.55. The van der Waals surface area contributed by atoms with Crippen LogP contribution in [0.3, 0.4) is 0 Å². The van der Waals surface area contributed by atoms with E-state index in [4.69, 9.17) is 17.2 Å². The highest BCUT2D eigenvalue weighted by molar-refractivity contribution is 8.03. The number of carbonyl (C=O) groups excluding carboxylic acids is 3. The Labute approximate surface area is 209 Å². The van der Waals surface area contributed by atoms with Crippen LogP contribution in [0.1, 0.15) is 19.3 Å². The van der Waals surface area contributed by atoms with E-state index >= 15 is 0 Å². The summed E-state index contributed by atoms with van der Waals surface area (Å²) in [4.78, 5) is 44.4. The highest BCUT2D eigenvalue weighted by atomic mass is 32.2. The van der Waals surface area contributed by atoms with E-state index in [9.17, 15) is 14.4 Å². The molecule has 0 saturated heterocycles. The summed E-state index contributed by atoms with van der Waals surface area (Å²) in [6.07, 6.45) is 4.64. The molecule has 0 fully saturated rings. The summed E-state index contributed by atoms with van der Waals surface area (Å²) in [7, 11) is 0. The van der Waals surface area contributed by atoms with Crippen LogP contribution < -0.4 is 27.8 Å². The zero-order valence-corrected chi connectivity index (χ0v) is 20.4. The summed E-state index contributed by atoms with van der Waals surface area (Å²) in [6, 6.07) is 7.49. The second kappa shape index (κ2) is 13.2. The number of aromatic nitrogens is 1. The van der Waals surface area contributed by atoms with Crippen molar-refractivity contribution in [3.05, 3.63) is 48.0 Å². The largest absolute Gasteiger partial charge is 0.343 e. The molecule has 1 aromatic heterocycles. The number of hydrogen-bond acceptors (Lipinski definition) is 8. The Morgan fingerprint density at radius 1 is 1.14 bits per heavy atom. The van der Waals surface area contributed by atoms with Gasteiger partial charge in [-0.3, -0.25) is 19.4 Å². The van der Waals surface area contributed by atoms with Crippen LogP contribution in [0.2, 0.25) is 0 Å². The number of carbonyl (C=O) groups is 3. The molecule has 2 aromatic rings. The number of nitrogens with zero attached hydrogens (tertiary/aromatic N) is 2. The van der Waals surface area contributed by atoms with Crippen molar-refractivity contribution >= 4 is 46.1 Å². The molecule has 0 radical (unpaired) electrons. The first-order valence-corrected chi connectivity index (χ1v) is 12.6. The van der Waals surface area contributed by atoms with E-state index < -0.39 is 18.0 Å². The van der Waals surface area contributed by atoms with Crippen LogP contribution in [0.15, 0.2) is 48.0 Å². The lowest BCUT2D eigenvalue weighted by atomic mass is 10.1. The molecule has 0 saturated carbocycles. The Balaban J connectivity index is 1.66. The molecule has 2 heterocycles. The zero-order valence-electron chi connectivity index (χ0n) is 19.6. The van der Waals surface area contributed by atoms with Crippen molar-refractivity contribution in [2.75, 3.05) is 31.5 Å². The molecule has 8 N–H and O–H groups in total. The Hall–Kier alpha value is -2.99. The van der Waals surface area contributed by atoms with E-state index in [-0.39, 0.29) is 36.6 Å². The first kappa shape index (κ1) is 26.6. The Kier molecular flexibility index (Phi) is 10.0. The summed E-state index contributed by atoms with van der Waals surface area (Å²) >= 11 is 1.62. The SMILES string of the molecule is NCCN(CCN)C(=O)C[C@H](N)C(=O)N[C@@H](CC1CC=CS1)C(=O)Nc1cnc2ccccc2c1. The maximum atomic E-state index is 13.2. The van der Waals surface area contributed by atoms with Gasteiger partial charge in [-0.05, 0) is 30.4 Å². The number of fused-ring (bicyclic) bond motifs is 1. The van der Waals surface area contributed by atoms with Gasteiger partial charge in [-0.2, -0.15) is 0 Å². The molecular weight excluding hydrogens is 466 g/mol. The van der Waals surface area contributed by atoms with Gasteiger partial charge in [0, 0.05) is 36.8 Å². The third kappa shape index (κ3) is 7.76. The average Bonchev–Trinajstić information content (AvgIpc) is 3.36. The molecule has 0 aliphatic carbocycles. The molecule has 0 spiro atoms. The van der Waals surface area contributed by atoms with Crippen LogP contribution >= 0.6 is 11.8 Å². The van der Waals surface area contributed by atoms with Gasteiger partial charge in [-0.25, -0.2) is 0 Å². The fourth-order valence-corrected chi connectivity index (χ4v) is 4.78. The van der Waals surface area contributed by atoms with Crippen molar-refractivity contribution in [2.45, 2.75) is 36.6 Å². The molecule has 35 heavy (non-hydrogen) atoms. The van der Waals surface area contributed by atoms with Crippen LogP contribution in [0, 0.1) is 0 Å². The number of allylic oxidation sites excluding steroid dienone is 1. The molecule has 1 aliphatic heterocycles. The monoisotopic (exact) mass is 499 g/mol. The molecule has 1 aromatic carbocycles. The van der Waals surface area contributed by atoms with Gasteiger partial charge in [0.15, 0.2) is 0 Å². The van der Waals surface area contributed by atoms with Crippen molar-refractivity contribution in [1.29, 1.82) is 0 Å². The fraction of sp³-hybridized carbons (Fsp3) is 0.417. The van der Waals surface area contributed by atoms with Crippen LogP contribution in [0.25, 0.3) is 10.9 Å². The number of hydrogen-bond donors (Lipinski definition) is 5. The maximum Gasteiger partial charge on any atom is 0.247 e. The lowest BCUT2D eigenvalue weighted by molar-refractivity contribution is -0.134. The highest BCUT2D eigenvalue weighted by Crippen LogP contribution is 2.28. The van der Waals surface area contributed by atoms with Gasteiger partial charge < -0.3 is 32.7 Å². The minimum atomic E-state index is -1.10. The predicted molar refractivity (Wildman–Crippen MR) is 139 cm³/mol. The number of anilines is 1. The molecule has 3 atom stereocenters. The molecule has 10 nitrogen and oxygen atoms in total. The minimum absolute atomic E-state index is 0.156. The van der Waals surface area contributed by atoms with Crippen molar-refractivity contribution in [1.82, 2.24) is 15.2 Å². The number of pyridine rings is 1. The molecule has 3 rings (SSSR count). The molecule has 0 bridgehead atoms. The normalized spacial score (nSPS) is 16.6. The van der Waals surface area contributed by atoms with Gasteiger partial charge >= 0.3 is 0 Å². The number of nitrogens with one attached hydrogen (secondary N) is 2. The first-order valence-electron chi connectivity index (χ1n) is 11.6. The summed E-state index contributed by atoms with van der Waals surface area (Å²) in [6.45, 7) is 1.24. The van der Waals surface area contributed by atoms with Gasteiger partial charge in [0.1, 0.15) is 6.04 Å². The van der Waals surface area contributed by atoms with Crippen LogP contribution in [-0.4, -0.2) is 71.1 Å². The van der Waals surface area contributed by atoms with E-state index in [1.807, 2.05) is 41.8 Å². The molecule has 1 aliphatic rings. The van der Waals surface area contributed by atoms with E-state index in [0.29, 0.717) is 25.2 Å². The fourth-order valence-electron chi connectivity index (χ4n) is 3.81. The number of amides is 3. The third-order valence-corrected chi connectivity index (χ3v) is 6.76. The van der Waals surface area contributed by atoms with E-state index in [2.05, 4.69) is 15.6 Å². The Morgan fingerprint density at radius 2 is 1.89 bits per heavy atom. The number of thioether (sulfide) groups is 1. The highest BCUT2D eigenvalue weighted by Gasteiger charge is 2.29. The van der Waals surface area contributed by atoms with Crippen molar-refractivity contribution in [3.8, 4) is 0 Å². The Bertz CT molecular complexity index is 1050. The van der Waals surface area contributed by atoms with E-state index in [1.54, 1.807) is 18.0 Å². The van der Waals surface area contributed by atoms with Gasteiger partial charge in [-0.15, -0.1) is 11.8 Å². The van der Waals surface area contributed by atoms with E-state index in [0.717, 1.165) is 17.3 Å². The zero-order chi connectivity index (χ0) is 25.2. The molecule has 3 amide bonds. The standard InChI is InChI=1S/C24H33N7O3S/c25-7-9-31(10-8-26)22(32)14-19(27)23(33)30-21(13-18-5-3-11-35-18)24(34)29-17-12-16-4-1-2-6-20(16)28-15-17/h1-4,6,11-12,15,18-19,21H,5,7-10,13-14,25-27H2,(H,29,34)(H,30,33)/t18?,19-,21-/m0/s1. The molecule has 11 heteroatoms. The quantitative estimate of drug-likeness (QED) is 0.282. The van der Waals surface area contributed by atoms with Gasteiger partial charge in [-0.1, -0.05) is 24.3 Å². The molecular formula is C24H33N7O3S. The number of rotatable bonds is 12. The van der Waals surface area contributed by atoms with Crippen molar-refractivity contribution < 1.29 is 14.4 Å². The number of nitrogens with two attached hydrogens (primary N) is 3. The van der Waals surface area contributed by atoms with Crippen LogP contribution in [0.4, 0.5) is 5.69 Å². The second-order valence-electron chi connectivity index (χ2n) is 8.34. The molecule has 1 unspecified atom stereocenters. The minimum Gasteiger partial charge on any atom is -0.343 e. The maximum absolute atomic E-state index is 13.2. The Morgan fingerprint density at radius 3 is 2.57 bits per heavy atom. The van der Waals surface area contributed by atoms with Crippen molar-refractivity contribution in [3.63, 3.8) is 0 Å². The topological polar surface area (TPSA) is 169 Å². The van der Waals surface area contributed by atoms with Crippen LogP contribution in [-0.2, 0) is 14.4 Å². The van der Waals surface area contributed by atoms with E-state index in [1.165, 1.54) is 4.90 Å².